The van der Waals surface area contributed by atoms with Crippen molar-refractivity contribution in [3.8, 4) is 0 Å². The van der Waals surface area contributed by atoms with E-state index in [-0.39, 0.29) is 4.62 Å². The highest BCUT2D eigenvalue weighted by Crippen LogP contribution is 2.35. The second-order valence-electron chi connectivity index (χ2n) is 1.84. The molecule has 0 aromatic carbocycles. The van der Waals surface area contributed by atoms with Crippen LogP contribution in [0.15, 0.2) is 11.4 Å². The molecule has 0 aliphatic rings. The molecule has 0 unspecified atom stereocenters. The number of rotatable bonds is 1. The van der Waals surface area contributed by atoms with Gasteiger partial charge in [-0.2, -0.15) is 0 Å². The molecule has 1 rings (SSSR count). The van der Waals surface area contributed by atoms with E-state index in [0.29, 0.717) is 5.56 Å². The fourth-order valence-electron chi connectivity index (χ4n) is 0.515. The standard InChI is InChI=1S/C5H6O3PS/c1-4-2-5(10-3-4)9(6,7)8/h2-3H,1H2,(H2,6,7,8). The Labute approximate surface area is 62.5 Å². The first-order valence-electron chi connectivity index (χ1n) is 2.47. The third-order valence-electron chi connectivity index (χ3n) is 0.927. The minimum atomic E-state index is -4.02. The Bertz CT molecular complexity index is 274. The van der Waals surface area contributed by atoms with Crippen molar-refractivity contribution in [2.24, 2.45) is 0 Å². The summed E-state index contributed by atoms with van der Waals surface area (Å²) >= 11 is 1.03. The second-order valence-corrected chi connectivity index (χ2v) is 4.62. The van der Waals surface area contributed by atoms with Gasteiger partial charge in [0.25, 0.3) is 0 Å². The molecule has 1 radical (unpaired) electrons. The first-order chi connectivity index (χ1) is 4.50. The van der Waals surface area contributed by atoms with Crippen LogP contribution in [0.4, 0.5) is 0 Å². The quantitative estimate of drug-likeness (QED) is 0.622. The average molecular weight is 177 g/mol. The molecule has 0 atom stereocenters. The van der Waals surface area contributed by atoms with Gasteiger partial charge in [-0.1, -0.05) is 0 Å². The van der Waals surface area contributed by atoms with Gasteiger partial charge in [-0.15, -0.1) is 11.3 Å². The lowest BCUT2D eigenvalue weighted by Crippen LogP contribution is -1.95. The summed E-state index contributed by atoms with van der Waals surface area (Å²) in [6.07, 6.45) is 0. The van der Waals surface area contributed by atoms with E-state index >= 15 is 0 Å². The van der Waals surface area contributed by atoms with Gasteiger partial charge in [0, 0.05) is 0 Å². The van der Waals surface area contributed by atoms with Crippen molar-refractivity contribution in [2.45, 2.75) is 0 Å². The molecule has 1 heterocycles. The van der Waals surface area contributed by atoms with E-state index in [9.17, 15) is 4.57 Å². The van der Waals surface area contributed by atoms with Gasteiger partial charge in [-0.05, 0) is 23.9 Å². The molecule has 0 amide bonds. The van der Waals surface area contributed by atoms with E-state index in [2.05, 4.69) is 6.92 Å². The first kappa shape index (κ1) is 7.95. The predicted molar refractivity (Wildman–Crippen MR) is 40.5 cm³/mol. The Morgan fingerprint density at radius 1 is 1.60 bits per heavy atom. The van der Waals surface area contributed by atoms with Gasteiger partial charge >= 0.3 is 7.60 Å². The van der Waals surface area contributed by atoms with Crippen LogP contribution in [0.3, 0.4) is 0 Å². The van der Waals surface area contributed by atoms with Crippen LogP contribution in [0.25, 0.3) is 0 Å². The van der Waals surface area contributed by atoms with Crippen molar-refractivity contribution in [1.82, 2.24) is 0 Å². The molecule has 1 aromatic heterocycles. The third-order valence-corrected chi connectivity index (χ3v) is 3.44. The molecule has 3 nitrogen and oxygen atoms in total. The maximum atomic E-state index is 10.5. The summed E-state index contributed by atoms with van der Waals surface area (Å²) in [6, 6.07) is 1.39. The van der Waals surface area contributed by atoms with Crippen LogP contribution in [0.1, 0.15) is 5.56 Å². The van der Waals surface area contributed by atoms with E-state index in [4.69, 9.17) is 9.79 Å². The molecule has 0 bridgehead atoms. The molecule has 5 heteroatoms. The maximum Gasteiger partial charge on any atom is 0.366 e. The van der Waals surface area contributed by atoms with Gasteiger partial charge in [0.15, 0.2) is 0 Å². The third kappa shape index (κ3) is 1.67. The van der Waals surface area contributed by atoms with Crippen LogP contribution < -0.4 is 4.62 Å². The van der Waals surface area contributed by atoms with Crippen LogP contribution >= 0.6 is 18.9 Å². The fraction of sp³-hybridized carbons (Fsp3) is 0. The lowest BCUT2D eigenvalue weighted by atomic mass is 10.4. The number of hydrogen-bond acceptors (Lipinski definition) is 2. The topological polar surface area (TPSA) is 57.5 Å². The van der Waals surface area contributed by atoms with Crippen molar-refractivity contribution in [1.29, 1.82) is 0 Å². The predicted octanol–water partition coefficient (Wildman–Crippen LogP) is 0.733. The fourth-order valence-corrected chi connectivity index (χ4v) is 2.12. The summed E-state index contributed by atoms with van der Waals surface area (Å²) in [5.41, 5.74) is 0.642. The summed E-state index contributed by atoms with van der Waals surface area (Å²) < 4.78 is 10.6. The Morgan fingerprint density at radius 3 is 2.40 bits per heavy atom. The Hall–Kier alpha value is -0.150. The smallest absolute Gasteiger partial charge is 0.320 e. The molecule has 0 saturated heterocycles. The monoisotopic (exact) mass is 177 g/mol. The lowest BCUT2D eigenvalue weighted by Gasteiger charge is -1.96. The summed E-state index contributed by atoms with van der Waals surface area (Å²) in [7, 11) is -4.02. The molecule has 0 spiro atoms. The molecule has 10 heavy (non-hydrogen) atoms. The Morgan fingerprint density at radius 2 is 2.20 bits per heavy atom. The van der Waals surface area contributed by atoms with Crippen molar-refractivity contribution < 1.29 is 14.4 Å². The highest BCUT2D eigenvalue weighted by atomic mass is 32.1. The van der Waals surface area contributed by atoms with Crippen molar-refractivity contribution >= 4 is 23.6 Å². The second kappa shape index (κ2) is 2.47. The van der Waals surface area contributed by atoms with Gasteiger partial charge in [0.1, 0.15) is 4.62 Å². The van der Waals surface area contributed by atoms with Crippen LogP contribution in [0.2, 0.25) is 0 Å². The van der Waals surface area contributed by atoms with E-state index in [1.165, 1.54) is 6.07 Å². The summed E-state index contributed by atoms with van der Waals surface area (Å²) in [5, 5.41) is 1.61. The molecule has 0 aliphatic carbocycles. The summed E-state index contributed by atoms with van der Waals surface area (Å²) in [4.78, 5) is 17.2. The van der Waals surface area contributed by atoms with Gasteiger partial charge in [0.2, 0.25) is 0 Å². The SMILES string of the molecule is [CH2]c1csc(P(=O)(O)O)c1. The van der Waals surface area contributed by atoms with Gasteiger partial charge < -0.3 is 9.79 Å². The largest absolute Gasteiger partial charge is 0.366 e. The van der Waals surface area contributed by atoms with Crippen molar-refractivity contribution in [2.75, 3.05) is 0 Å². The van der Waals surface area contributed by atoms with Gasteiger partial charge in [-0.25, -0.2) is 0 Å². The highest BCUT2D eigenvalue weighted by molar-refractivity contribution is 7.67. The van der Waals surface area contributed by atoms with E-state index in [1.54, 1.807) is 5.38 Å². The molecule has 0 fully saturated rings. The van der Waals surface area contributed by atoms with E-state index < -0.39 is 7.60 Å². The Kier molecular flexibility index (Phi) is 1.97. The lowest BCUT2D eigenvalue weighted by molar-refractivity contribution is 0.388. The summed E-state index contributed by atoms with van der Waals surface area (Å²) in [6.45, 7) is 3.52. The van der Waals surface area contributed by atoms with Crippen LogP contribution in [0, 0.1) is 6.92 Å². The zero-order valence-corrected chi connectivity index (χ0v) is 6.73. The van der Waals surface area contributed by atoms with Crippen molar-refractivity contribution in [3.63, 3.8) is 0 Å². The maximum absolute atomic E-state index is 10.5. The average Bonchev–Trinajstić information content (AvgIpc) is 2.11. The molecule has 1 aromatic rings. The van der Waals surface area contributed by atoms with Crippen LogP contribution in [-0.4, -0.2) is 9.79 Å². The Balaban J connectivity index is 3.08. The molecule has 0 aliphatic heterocycles. The van der Waals surface area contributed by atoms with E-state index in [1.807, 2.05) is 0 Å². The summed E-state index contributed by atoms with van der Waals surface area (Å²) in [5.74, 6) is 0. The zero-order valence-electron chi connectivity index (χ0n) is 5.02. The minimum absolute atomic E-state index is 0.0810. The van der Waals surface area contributed by atoms with Gasteiger partial charge in [-0.3, -0.25) is 4.57 Å². The minimum Gasteiger partial charge on any atom is -0.320 e. The van der Waals surface area contributed by atoms with Crippen LogP contribution in [0.5, 0.6) is 0 Å². The van der Waals surface area contributed by atoms with Gasteiger partial charge in [0.05, 0.1) is 0 Å². The molecule has 0 saturated carbocycles. The number of thiophene rings is 1. The normalized spacial score (nSPS) is 11.9. The molecule has 2 N–H and O–H groups in total. The van der Waals surface area contributed by atoms with Crippen molar-refractivity contribution in [3.05, 3.63) is 23.9 Å². The number of hydrogen-bond donors (Lipinski definition) is 2. The molecular formula is C5H6O3PS. The first-order valence-corrected chi connectivity index (χ1v) is 4.96. The van der Waals surface area contributed by atoms with Crippen LogP contribution in [-0.2, 0) is 4.57 Å². The molecule has 55 valence electrons. The zero-order chi connectivity index (χ0) is 7.78. The molecular weight excluding hydrogens is 171 g/mol. The van der Waals surface area contributed by atoms with E-state index in [0.717, 1.165) is 11.3 Å². The highest BCUT2D eigenvalue weighted by Gasteiger charge is 2.18.